The third kappa shape index (κ3) is 6.76. The van der Waals surface area contributed by atoms with E-state index in [-0.39, 0.29) is 35.9 Å². The Morgan fingerprint density at radius 3 is 2.71 bits per heavy atom. The zero-order chi connectivity index (χ0) is 19.1. The molecular formula is C21H34FIN4O. The number of aliphatic imine (C=N–C) groups is 1. The molecule has 2 atom stereocenters. The third-order valence-corrected chi connectivity index (χ3v) is 5.47. The number of ether oxygens (including phenoxy) is 1. The number of piperidine rings is 1. The topological polar surface area (TPSA) is 40.1 Å². The van der Waals surface area contributed by atoms with Crippen LogP contribution in [0.5, 0.6) is 5.75 Å². The van der Waals surface area contributed by atoms with Crippen LogP contribution in [-0.2, 0) is 0 Å². The van der Waals surface area contributed by atoms with Crippen molar-refractivity contribution in [1.82, 2.24) is 15.1 Å². The number of nitrogens with zero attached hydrogens (tertiary/aromatic N) is 3. The predicted octanol–water partition coefficient (Wildman–Crippen LogP) is 3.59. The molecule has 1 N–H and O–H groups in total. The van der Waals surface area contributed by atoms with Gasteiger partial charge >= 0.3 is 0 Å². The Bertz CT molecular complexity index is 624. The zero-order valence-electron chi connectivity index (χ0n) is 17.1. The van der Waals surface area contributed by atoms with Gasteiger partial charge in [-0.2, -0.15) is 0 Å². The van der Waals surface area contributed by atoms with Gasteiger partial charge in [-0.1, -0.05) is 18.6 Å². The highest BCUT2D eigenvalue weighted by atomic mass is 127. The minimum Gasteiger partial charge on any atom is -0.486 e. The van der Waals surface area contributed by atoms with E-state index in [9.17, 15) is 4.39 Å². The van der Waals surface area contributed by atoms with Crippen LogP contribution in [-0.4, -0.2) is 68.2 Å². The van der Waals surface area contributed by atoms with Gasteiger partial charge in [0, 0.05) is 26.7 Å². The van der Waals surface area contributed by atoms with Crippen molar-refractivity contribution in [1.29, 1.82) is 0 Å². The summed E-state index contributed by atoms with van der Waals surface area (Å²) in [6.45, 7) is 8.35. The molecule has 0 aromatic heterocycles. The molecule has 2 heterocycles. The Labute approximate surface area is 185 Å². The van der Waals surface area contributed by atoms with Crippen molar-refractivity contribution in [3.8, 4) is 5.75 Å². The van der Waals surface area contributed by atoms with Crippen molar-refractivity contribution in [2.45, 2.75) is 38.7 Å². The van der Waals surface area contributed by atoms with Crippen LogP contribution in [0.3, 0.4) is 0 Å². The van der Waals surface area contributed by atoms with E-state index in [0.29, 0.717) is 18.2 Å². The van der Waals surface area contributed by atoms with Gasteiger partial charge in [0.25, 0.3) is 0 Å². The van der Waals surface area contributed by atoms with E-state index in [1.54, 1.807) is 18.2 Å². The number of rotatable bonds is 6. The number of guanidine groups is 1. The van der Waals surface area contributed by atoms with Crippen LogP contribution in [0.4, 0.5) is 4.39 Å². The normalized spacial score (nSPS) is 21.9. The lowest BCUT2D eigenvalue weighted by atomic mass is 10.1. The SMILES string of the molecule is CN=C(NCC(C)Oc1ccccc1F)N1CCC(CN2CCCCC2)C1.I. The highest BCUT2D eigenvalue weighted by Gasteiger charge is 2.27. The second-order valence-corrected chi connectivity index (χ2v) is 7.75. The average molecular weight is 504 g/mol. The highest BCUT2D eigenvalue weighted by Crippen LogP contribution is 2.20. The van der Waals surface area contributed by atoms with Gasteiger partial charge < -0.3 is 19.9 Å². The highest BCUT2D eigenvalue weighted by molar-refractivity contribution is 14.0. The zero-order valence-corrected chi connectivity index (χ0v) is 19.4. The molecule has 158 valence electrons. The fourth-order valence-electron chi connectivity index (χ4n) is 4.05. The first-order valence-corrected chi connectivity index (χ1v) is 10.2. The van der Waals surface area contributed by atoms with E-state index < -0.39 is 0 Å². The molecule has 0 radical (unpaired) electrons. The molecule has 0 spiro atoms. The maximum Gasteiger partial charge on any atom is 0.193 e. The largest absolute Gasteiger partial charge is 0.486 e. The Hall–Kier alpha value is -1.09. The molecule has 28 heavy (non-hydrogen) atoms. The summed E-state index contributed by atoms with van der Waals surface area (Å²) in [5, 5.41) is 3.39. The molecule has 0 saturated carbocycles. The molecule has 3 rings (SSSR count). The van der Waals surface area contributed by atoms with Crippen molar-refractivity contribution in [2.75, 3.05) is 46.3 Å². The standard InChI is InChI=1S/C21H33FN4O.HI/c1-17(27-20-9-5-4-8-19(20)22)14-24-21(23-2)26-13-10-18(16-26)15-25-11-6-3-7-12-25;/h4-5,8-9,17-18H,3,6-7,10-16H2,1-2H3,(H,23,24);1H. The van der Waals surface area contributed by atoms with Gasteiger partial charge in [0.05, 0.1) is 6.54 Å². The lowest BCUT2D eigenvalue weighted by molar-refractivity contribution is 0.197. The van der Waals surface area contributed by atoms with E-state index in [1.807, 2.05) is 14.0 Å². The molecular weight excluding hydrogens is 470 g/mol. The fourth-order valence-corrected chi connectivity index (χ4v) is 4.05. The summed E-state index contributed by atoms with van der Waals surface area (Å²) >= 11 is 0. The second-order valence-electron chi connectivity index (χ2n) is 7.75. The van der Waals surface area contributed by atoms with Gasteiger partial charge in [-0.15, -0.1) is 24.0 Å². The summed E-state index contributed by atoms with van der Waals surface area (Å²) in [5.41, 5.74) is 0. The quantitative estimate of drug-likeness (QED) is 0.365. The molecule has 2 fully saturated rings. The Balaban J connectivity index is 0.00000280. The van der Waals surface area contributed by atoms with E-state index >= 15 is 0 Å². The van der Waals surface area contributed by atoms with Crippen molar-refractivity contribution >= 4 is 29.9 Å². The van der Waals surface area contributed by atoms with Crippen LogP contribution in [0.15, 0.2) is 29.3 Å². The molecule has 0 bridgehead atoms. The van der Waals surface area contributed by atoms with Crippen molar-refractivity contribution in [2.24, 2.45) is 10.9 Å². The number of benzene rings is 1. The molecule has 7 heteroatoms. The average Bonchev–Trinajstić information content (AvgIpc) is 3.13. The van der Waals surface area contributed by atoms with Gasteiger partial charge in [0.15, 0.2) is 17.5 Å². The maximum atomic E-state index is 13.7. The molecule has 2 aliphatic heterocycles. The van der Waals surface area contributed by atoms with Crippen LogP contribution in [0.1, 0.15) is 32.6 Å². The molecule has 1 aromatic rings. The lowest BCUT2D eigenvalue weighted by Crippen LogP contribution is -2.44. The molecule has 1 aromatic carbocycles. The van der Waals surface area contributed by atoms with Gasteiger partial charge in [0.1, 0.15) is 6.10 Å². The fraction of sp³-hybridized carbons (Fsp3) is 0.667. The summed E-state index contributed by atoms with van der Waals surface area (Å²) in [6, 6.07) is 6.53. The summed E-state index contributed by atoms with van der Waals surface area (Å²) < 4.78 is 19.4. The first-order chi connectivity index (χ1) is 13.2. The lowest BCUT2D eigenvalue weighted by Gasteiger charge is -2.29. The Kier molecular flexibility index (Phi) is 9.77. The van der Waals surface area contributed by atoms with Crippen molar-refractivity contribution in [3.63, 3.8) is 0 Å². The number of hydrogen-bond donors (Lipinski definition) is 1. The van der Waals surface area contributed by atoms with Crippen molar-refractivity contribution < 1.29 is 9.13 Å². The van der Waals surface area contributed by atoms with Crippen LogP contribution in [0.2, 0.25) is 0 Å². The summed E-state index contributed by atoms with van der Waals surface area (Å²) in [6.07, 6.45) is 5.15. The first-order valence-electron chi connectivity index (χ1n) is 10.2. The Morgan fingerprint density at radius 2 is 2.00 bits per heavy atom. The summed E-state index contributed by atoms with van der Waals surface area (Å²) in [5.74, 6) is 1.60. The molecule has 2 aliphatic rings. The molecule has 2 unspecified atom stereocenters. The van der Waals surface area contributed by atoms with Crippen LogP contribution in [0.25, 0.3) is 0 Å². The smallest absolute Gasteiger partial charge is 0.193 e. The van der Waals surface area contributed by atoms with E-state index in [2.05, 4.69) is 20.1 Å². The van der Waals surface area contributed by atoms with Crippen molar-refractivity contribution in [3.05, 3.63) is 30.1 Å². The van der Waals surface area contributed by atoms with Gasteiger partial charge in [0.2, 0.25) is 0 Å². The predicted molar refractivity (Wildman–Crippen MR) is 123 cm³/mol. The molecule has 5 nitrogen and oxygen atoms in total. The summed E-state index contributed by atoms with van der Waals surface area (Å²) in [7, 11) is 1.82. The van der Waals surface area contributed by atoms with Gasteiger partial charge in [-0.05, 0) is 57.3 Å². The number of likely N-dealkylation sites (tertiary alicyclic amines) is 2. The minimum absolute atomic E-state index is 0. The number of para-hydroxylation sites is 1. The van der Waals surface area contributed by atoms with Crippen LogP contribution >= 0.6 is 24.0 Å². The Morgan fingerprint density at radius 1 is 1.25 bits per heavy atom. The van der Waals surface area contributed by atoms with Gasteiger partial charge in [-0.25, -0.2) is 4.39 Å². The number of nitrogens with one attached hydrogen (secondary N) is 1. The third-order valence-electron chi connectivity index (χ3n) is 5.47. The maximum absolute atomic E-state index is 13.7. The van der Waals surface area contributed by atoms with Crippen LogP contribution in [0, 0.1) is 11.7 Å². The van der Waals surface area contributed by atoms with E-state index in [0.717, 1.165) is 19.0 Å². The first kappa shape index (κ1) is 23.2. The van der Waals surface area contributed by atoms with E-state index in [4.69, 9.17) is 4.74 Å². The minimum atomic E-state index is -0.325. The number of hydrogen-bond acceptors (Lipinski definition) is 3. The van der Waals surface area contributed by atoms with Crippen LogP contribution < -0.4 is 10.1 Å². The molecule has 0 amide bonds. The van der Waals surface area contributed by atoms with Gasteiger partial charge in [-0.3, -0.25) is 4.99 Å². The number of halogens is 2. The molecule has 0 aliphatic carbocycles. The molecule has 2 saturated heterocycles. The second kappa shape index (κ2) is 11.8. The summed E-state index contributed by atoms with van der Waals surface area (Å²) in [4.78, 5) is 9.40. The van der Waals surface area contributed by atoms with E-state index in [1.165, 1.54) is 51.4 Å². The monoisotopic (exact) mass is 504 g/mol.